The summed E-state index contributed by atoms with van der Waals surface area (Å²) in [5.74, 6) is 0.0734. The maximum atomic E-state index is 13.1. The van der Waals surface area contributed by atoms with Crippen molar-refractivity contribution in [2.45, 2.75) is 19.9 Å². The number of hydrogen-bond acceptors (Lipinski definition) is 2. The monoisotopic (exact) mass is 459 g/mol. The number of hydrogen-bond donors (Lipinski definition) is 2. The largest absolute Gasteiger partial charge is 0.382 e. The number of ether oxygens (including phenoxy) is 1. The Labute approximate surface area is 144 Å². The molecule has 7 heteroatoms. The molecule has 114 valence electrons. The molecule has 0 unspecified atom stereocenters. The molecule has 0 saturated heterocycles. The number of rotatable bonds is 7. The molecule has 0 aliphatic heterocycles. The van der Waals surface area contributed by atoms with Crippen molar-refractivity contribution in [2.75, 3.05) is 19.8 Å². The zero-order valence-corrected chi connectivity index (χ0v) is 15.3. The fourth-order valence-corrected chi connectivity index (χ4v) is 1.80. The van der Waals surface area contributed by atoms with Crippen LogP contribution < -0.4 is 11.1 Å². The van der Waals surface area contributed by atoms with Crippen LogP contribution in [0.5, 0.6) is 0 Å². The van der Waals surface area contributed by atoms with Crippen LogP contribution in [0.25, 0.3) is 0 Å². The van der Waals surface area contributed by atoms with Crippen molar-refractivity contribution in [3.63, 3.8) is 0 Å². The van der Waals surface area contributed by atoms with Crippen molar-refractivity contribution in [3.05, 3.63) is 34.1 Å². The van der Waals surface area contributed by atoms with Crippen LogP contribution in [0.15, 0.2) is 27.7 Å². The summed E-state index contributed by atoms with van der Waals surface area (Å²) in [6, 6.07) is 4.49. The molecule has 0 heterocycles. The Kier molecular flexibility index (Phi) is 11.0. The summed E-state index contributed by atoms with van der Waals surface area (Å²) in [6.07, 6.45) is 0.869. The van der Waals surface area contributed by atoms with Gasteiger partial charge in [-0.05, 0) is 37.1 Å². The summed E-state index contributed by atoms with van der Waals surface area (Å²) in [4.78, 5) is 4.16. The summed E-state index contributed by atoms with van der Waals surface area (Å²) >= 11 is 3.35. The Morgan fingerprint density at radius 2 is 2.25 bits per heavy atom. The van der Waals surface area contributed by atoms with Crippen LogP contribution in [0.4, 0.5) is 4.39 Å². The van der Waals surface area contributed by atoms with Gasteiger partial charge in [0.1, 0.15) is 5.82 Å². The van der Waals surface area contributed by atoms with Gasteiger partial charge in [-0.3, -0.25) is 0 Å². The van der Waals surface area contributed by atoms with Gasteiger partial charge in [-0.2, -0.15) is 0 Å². The standard InChI is InChI=1S/C13H19BrFN3O.HI/c1-2-19-7-3-6-17-13(16)18-9-10-8-11(15)4-5-12(10)14;/h4-5,8H,2-3,6-7,9H2,1H3,(H3,16,17,18);1H. The van der Waals surface area contributed by atoms with Crippen LogP contribution >= 0.6 is 39.9 Å². The predicted octanol–water partition coefficient (Wildman–Crippen LogP) is 3.04. The number of benzene rings is 1. The molecule has 3 N–H and O–H groups in total. The van der Waals surface area contributed by atoms with E-state index < -0.39 is 0 Å². The van der Waals surface area contributed by atoms with Crippen molar-refractivity contribution < 1.29 is 9.13 Å². The molecule has 0 radical (unpaired) electrons. The maximum Gasteiger partial charge on any atom is 0.188 e. The number of nitrogens with one attached hydrogen (secondary N) is 1. The summed E-state index contributed by atoms with van der Waals surface area (Å²) in [5, 5.41) is 2.98. The number of halogens is 3. The molecule has 0 aliphatic rings. The summed E-state index contributed by atoms with van der Waals surface area (Å²) in [7, 11) is 0. The fourth-order valence-electron chi connectivity index (χ4n) is 1.43. The molecule has 1 rings (SSSR count). The quantitative estimate of drug-likeness (QED) is 0.285. The van der Waals surface area contributed by atoms with Crippen LogP contribution in [0, 0.1) is 5.82 Å². The van der Waals surface area contributed by atoms with Gasteiger partial charge in [0.15, 0.2) is 5.96 Å². The molecule has 0 aromatic heterocycles. The lowest BCUT2D eigenvalue weighted by atomic mass is 10.2. The van der Waals surface area contributed by atoms with Crippen LogP contribution in [-0.4, -0.2) is 25.7 Å². The molecule has 0 amide bonds. The first-order valence-electron chi connectivity index (χ1n) is 6.19. The highest BCUT2D eigenvalue weighted by Crippen LogP contribution is 2.18. The lowest BCUT2D eigenvalue weighted by Crippen LogP contribution is -2.32. The minimum atomic E-state index is -0.281. The van der Waals surface area contributed by atoms with E-state index in [9.17, 15) is 4.39 Å². The molecule has 0 atom stereocenters. The molecule has 1 aromatic rings. The van der Waals surface area contributed by atoms with Gasteiger partial charge in [0.2, 0.25) is 0 Å². The van der Waals surface area contributed by atoms with E-state index in [0.29, 0.717) is 25.7 Å². The lowest BCUT2D eigenvalue weighted by Gasteiger charge is -2.06. The van der Waals surface area contributed by atoms with Crippen molar-refractivity contribution in [1.82, 2.24) is 5.32 Å². The first kappa shape index (κ1) is 19.6. The topological polar surface area (TPSA) is 59.6 Å². The number of guanidine groups is 1. The zero-order chi connectivity index (χ0) is 14.1. The zero-order valence-electron chi connectivity index (χ0n) is 11.4. The first-order valence-corrected chi connectivity index (χ1v) is 6.98. The average molecular weight is 460 g/mol. The van der Waals surface area contributed by atoms with E-state index in [1.54, 1.807) is 6.07 Å². The highest BCUT2D eigenvalue weighted by molar-refractivity contribution is 14.0. The molecule has 0 fully saturated rings. The van der Waals surface area contributed by atoms with E-state index >= 15 is 0 Å². The van der Waals surface area contributed by atoms with Gasteiger partial charge in [-0.1, -0.05) is 15.9 Å². The van der Waals surface area contributed by atoms with Gasteiger partial charge >= 0.3 is 0 Å². The summed E-state index contributed by atoms with van der Waals surface area (Å²) < 4.78 is 19.1. The van der Waals surface area contributed by atoms with Gasteiger partial charge in [0, 0.05) is 24.2 Å². The number of nitrogens with two attached hydrogens (primary N) is 1. The third-order valence-corrected chi connectivity index (χ3v) is 3.18. The average Bonchev–Trinajstić information content (AvgIpc) is 2.39. The Hall–Kier alpha value is -0.410. The molecule has 0 aliphatic carbocycles. The van der Waals surface area contributed by atoms with Gasteiger partial charge in [-0.15, -0.1) is 24.0 Å². The SMILES string of the molecule is CCOCCCNC(N)=NCc1cc(F)ccc1Br.I. The number of nitrogens with zero attached hydrogens (tertiary/aromatic N) is 1. The van der Waals surface area contributed by atoms with Crippen molar-refractivity contribution >= 4 is 45.9 Å². The molecule has 0 saturated carbocycles. The van der Waals surface area contributed by atoms with Crippen LogP contribution in [-0.2, 0) is 11.3 Å². The van der Waals surface area contributed by atoms with E-state index in [4.69, 9.17) is 10.5 Å². The minimum Gasteiger partial charge on any atom is -0.382 e. The second-order valence-corrected chi connectivity index (χ2v) is 4.77. The van der Waals surface area contributed by atoms with Crippen LogP contribution in [0.2, 0.25) is 0 Å². The molecule has 0 spiro atoms. The van der Waals surface area contributed by atoms with Crippen molar-refractivity contribution in [1.29, 1.82) is 0 Å². The van der Waals surface area contributed by atoms with Gasteiger partial charge in [-0.25, -0.2) is 9.38 Å². The highest BCUT2D eigenvalue weighted by atomic mass is 127. The third-order valence-electron chi connectivity index (χ3n) is 2.40. The van der Waals surface area contributed by atoms with E-state index in [1.807, 2.05) is 6.92 Å². The van der Waals surface area contributed by atoms with E-state index in [0.717, 1.165) is 23.1 Å². The normalized spacial score (nSPS) is 11.1. The molecule has 0 bridgehead atoms. The molecule has 4 nitrogen and oxygen atoms in total. The summed E-state index contributed by atoms with van der Waals surface area (Å²) in [6.45, 7) is 4.42. The molecular weight excluding hydrogens is 440 g/mol. The first-order chi connectivity index (χ1) is 9.13. The smallest absolute Gasteiger partial charge is 0.188 e. The Morgan fingerprint density at radius 3 is 2.95 bits per heavy atom. The fraction of sp³-hybridized carbons (Fsp3) is 0.462. The van der Waals surface area contributed by atoms with Crippen LogP contribution in [0.1, 0.15) is 18.9 Å². The molecule has 20 heavy (non-hydrogen) atoms. The number of aliphatic imine (C=N–C) groups is 1. The maximum absolute atomic E-state index is 13.1. The van der Waals surface area contributed by atoms with E-state index in [1.165, 1.54) is 12.1 Å². The van der Waals surface area contributed by atoms with Crippen molar-refractivity contribution in [2.24, 2.45) is 10.7 Å². The minimum absolute atomic E-state index is 0. The molecule has 1 aromatic carbocycles. The highest BCUT2D eigenvalue weighted by Gasteiger charge is 2.01. The van der Waals surface area contributed by atoms with E-state index in [2.05, 4.69) is 26.2 Å². The summed E-state index contributed by atoms with van der Waals surface area (Å²) in [5.41, 5.74) is 6.48. The Balaban J connectivity index is 0.00000361. The third kappa shape index (κ3) is 8.01. The van der Waals surface area contributed by atoms with Gasteiger partial charge in [0.05, 0.1) is 6.54 Å². The second kappa shape index (κ2) is 11.3. The van der Waals surface area contributed by atoms with Crippen molar-refractivity contribution in [3.8, 4) is 0 Å². The Morgan fingerprint density at radius 1 is 1.50 bits per heavy atom. The predicted molar refractivity (Wildman–Crippen MR) is 94.0 cm³/mol. The second-order valence-electron chi connectivity index (χ2n) is 3.91. The van der Waals surface area contributed by atoms with Gasteiger partial charge < -0.3 is 15.8 Å². The molecular formula is C13H20BrFIN3O. The van der Waals surface area contributed by atoms with Crippen LogP contribution in [0.3, 0.4) is 0 Å². The Bertz CT molecular complexity index is 432. The van der Waals surface area contributed by atoms with E-state index in [-0.39, 0.29) is 29.8 Å². The lowest BCUT2D eigenvalue weighted by molar-refractivity contribution is 0.145. The van der Waals surface area contributed by atoms with Gasteiger partial charge in [0.25, 0.3) is 0 Å².